The van der Waals surface area contributed by atoms with Crippen LogP contribution in [0, 0.1) is 5.92 Å². The summed E-state index contributed by atoms with van der Waals surface area (Å²) in [6.07, 6.45) is 3.13. The molecule has 1 heterocycles. The molecule has 2 aliphatic rings. The van der Waals surface area contributed by atoms with E-state index in [0.29, 0.717) is 31.5 Å². The highest BCUT2D eigenvalue weighted by atomic mass is 16.5. The van der Waals surface area contributed by atoms with E-state index >= 15 is 0 Å². The maximum Gasteiger partial charge on any atom is 0.407 e. The monoisotopic (exact) mass is 664 g/mol. The van der Waals surface area contributed by atoms with Gasteiger partial charge in [0.15, 0.2) is 0 Å². The molecule has 1 fully saturated rings. The van der Waals surface area contributed by atoms with Crippen molar-refractivity contribution in [1.29, 1.82) is 0 Å². The van der Waals surface area contributed by atoms with Crippen LogP contribution in [0.2, 0.25) is 0 Å². The van der Waals surface area contributed by atoms with Crippen LogP contribution in [0.3, 0.4) is 0 Å². The van der Waals surface area contributed by atoms with Crippen LogP contribution in [0.4, 0.5) is 16.2 Å². The Labute approximate surface area is 289 Å². The van der Waals surface area contributed by atoms with Gasteiger partial charge >= 0.3 is 6.09 Å². The van der Waals surface area contributed by atoms with Crippen LogP contribution in [-0.4, -0.2) is 55.0 Å². The minimum Gasteiger partial charge on any atom is -0.453 e. The topological polar surface area (TPSA) is 117 Å². The smallest absolute Gasteiger partial charge is 0.407 e. The summed E-state index contributed by atoms with van der Waals surface area (Å²) in [5, 5.41) is 8.38. The van der Waals surface area contributed by atoms with Crippen molar-refractivity contribution in [2.24, 2.45) is 5.92 Å². The zero-order valence-electron chi connectivity index (χ0n) is 29.3. The summed E-state index contributed by atoms with van der Waals surface area (Å²) in [7, 11) is 1.26. The quantitative estimate of drug-likeness (QED) is 0.196. The first-order valence-electron chi connectivity index (χ1n) is 17.1. The first-order valence-corrected chi connectivity index (χ1v) is 17.1. The number of likely N-dealkylation sites (tertiary alicyclic amines) is 1. The summed E-state index contributed by atoms with van der Waals surface area (Å²) >= 11 is 0. The third-order valence-corrected chi connectivity index (χ3v) is 9.69. The lowest BCUT2D eigenvalue weighted by Crippen LogP contribution is -2.54. The van der Waals surface area contributed by atoms with Crippen molar-refractivity contribution in [3.05, 3.63) is 95.1 Å². The van der Waals surface area contributed by atoms with Crippen LogP contribution in [-0.2, 0) is 24.5 Å². The van der Waals surface area contributed by atoms with Crippen molar-refractivity contribution in [3.63, 3.8) is 0 Å². The minimum atomic E-state index is -0.783. The van der Waals surface area contributed by atoms with E-state index in [2.05, 4.69) is 85.3 Å². The summed E-state index contributed by atoms with van der Waals surface area (Å²) in [4.78, 5) is 51.4. The van der Waals surface area contributed by atoms with Crippen LogP contribution in [0.1, 0.15) is 88.5 Å². The van der Waals surface area contributed by atoms with Gasteiger partial charge in [-0.15, -0.1) is 0 Å². The van der Waals surface area contributed by atoms with Gasteiger partial charge in [0.2, 0.25) is 18.2 Å². The van der Waals surface area contributed by atoms with Gasteiger partial charge in [0.1, 0.15) is 12.1 Å². The lowest BCUT2D eigenvalue weighted by atomic mass is 9.83. The minimum absolute atomic E-state index is 0.0470. The van der Waals surface area contributed by atoms with Crippen LogP contribution >= 0.6 is 0 Å². The maximum absolute atomic E-state index is 13.5. The Morgan fingerprint density at radius 2 is 1.51 bits per heavy atom. The van der Waals surface area contributed by atoms with E-state index in [4.69, 9.17) is 4.74 Å². The second-order valence-electron chi connectivity index (χ2n) is 14.3. The molecule has 3 N–H and O–H groups in total. The van der Waals surface area contributed by atoms with Gasteiger partial charge in [0, 0.05) is 23.8 Å². The SMILES string of the molecule is COC(=O)N[C@H](C(=O)N1CCC[C@H]1C(=O)Nc1ccc(C2CCC(c3ccc(NC=O)cc3)=C2c2ccc(C(C)(C)C)cc2)cc1)C(C)C. The Kier molecular flexibility index (Phi) is 10.9. The van der Waals surface area contributed by atoms with Gasteiger partial charge in [-0.05, 0) is 94.7 Å². The van der Waals surface area contributed by atoms with Gasteiger partial charge in [0.25, 0.3) is 0 Å². The molecule has 258 valence electrons. The summed E-state index contributed by atoms with van der Waals surface area (Å²) < 4.78 is 4.72. The molecule has 4 amide bonds. The van der Waals surface area contributed by atoms with Gasteiger partial charge in [0.05, 0.1) is 7.11 Å². The lowest BCUT2D eigenvalue weighted by molar-refractivity contribution is -0.139. The fourth-order valence-electron chi connectivity index (χ4n) is 6.98. The number of nitrogens with one attached hydrogen (secondary N) is 3. The maximum atomic E-state index is 13.5. The molecule has 5 rings (SSSR count). The number of allylic oxidation sites excluding steroid dienone is 2. The summed E-state index contributed by atoms with van der Waals surface area (Å²) in [5.74, 6) is -0.538. The molecule has 9 nitrogen and oxygen atoms in total. The van der Waals surface area contributed by atoms with E-state index in [1.54, 1.807) is 4.90 Å². The summed E-state index contributed by atoms with van der Waals surface area (Å²) in [6, 6.07) is 23.5. The molecule has 1 unspecified atom stereocenters. The zero-order valence-corrected chi connectivity index (χ0v) is 29.3. The number of carbonyl (C=O) groups is 4. The number of hydrogen-bond donors (Lipinski definition) is 3. The predicted molar refractivity (Wildman–Crippen MR) is 194 cm³/mol. The van der Waals surface area contributed by atoms with Crippen molar-refractivity contribution in [2.45, 2.75) is 83.7 Å². The molecule has 0 saturated carbocycles. The van der Waals surface area contributed by atoms with Crippen molar-refractivity contribution >= 4 is 46.8 Å². The highest BCUT2D eigenvalue weighted by molar-refractivity contribution is 5.99. The molecule has 3 aromatic carbocycles. The van der Waals surface area contributed by atoms with E-state index in [1.165, 1.54) is 29.4 Å². The molecular weight excluding hydrogens is 616 g/mol. The number of ether oxygens (including phenoxy) is 1. The Morgan fingerprint density at radius 1 is 0.878 bits per heavy atom. The third kappa shape index (κ3) is 8.04. The van der Waals surface area contributed by atoms with E-state index in [-0.39, 0.29) is 29.1 Å². The molecule has 0 bridgehead atoms. The zero-order chi connectivity index (χ0) is 35.3. The van der Waals surface area contributed by atoms with Gasteiger partial charge < -0.3 is 25.6 Å². The number of nitrogens with zero attached hydrogens (tertiary/aromatic N) is 1. The number of amides is 4. The van der Waals surface area contributed by atoms with E-state index in [1.807, 2.05) is 38.1 Å². The van der Waals surface area contributed by atoms with Crippen LogP contribution in [0.25, 0.3) is 11.1 Å². The molecular formula is C40H48N4O5. The molecule has 1 aliphatic heterocycles. The van der Waals surface area contributed by atoms with Crippen molar-refractivity contribution < 1.29 is 23.9 Å². The summed E-state index contributed by atoms with van der Waals surface area (Å²) in [5.41, 5.74) is 8.80. The molecule has 0 spiro atoms. The number of hydrogen-bond acceptors (Lipinski definition) is 5. The first kappa shape index (κ1) is 35.4. The van der Waals surface area contributed by atoms with E-state index in [0.717, 1.165) is 29.7 Å². The lowest BCUT2D eigenvalue weighted by Gasteiger charge is -2.30. The van der Waals surface area contributed by atoms with Crippen molar-refractivity contribution in [1.82, 2.24) is 10.2 Å². The Balaban J connectivity index is 1.37. The van der Waals surface area contributed by atoms with Crippen LogP contribution in [0.5, 0.6) is 0 Å². The molecule has 0 radical (unpaired) electrons. The average molecular weight is 665 g/mol. The second kappa shape index (κ2) is 15.1. The number of rotatable bonds is 10. The third-order valence-electron chi connectivity index (χ3n) is 9.69. The number of anilines is 2. The Hall–Kier alpha value is -4.92. The number of carbonyl (C=O) groups excluding carboxylic acids is 4. The second-order valence-corrected chi connectivity index (χ2v) is 14.3. The van der Waals surface area contributed by atoms with Gasteiger partial charge in [-0.1, -0.05) is 83.1 Å². The molecule has 1 saturated heterocycles. The predicted octanol–water partition coefficient (Wildman–Crippen LogP) is 7.35. The molecule has 1 aliphatic carbocycles. The molecule has 3 aromatic rings. The Morgan fingerprint density at radius 3 is 2.10 bits per heavy atom. The highest BCUT2D eigenvalue weighted by Crippen LogP contribution is 2.49. The fraction of sp³-hybridized carbons (Fsp3) is 0.400. The fourth-order valence-corrected chi connectivity index (χ4v) is 6.98. The van der Waals surface area contributed by atoms with Crippen molar-refractivity contribution in [3.8, 4) is 0 Å². The van der Waals surface area contributed by atoms with Gasteiger partial charge in [-0.2, -0.15) is 0 Å². The van der Waals surface area contributed by atoms with E-state index in [9.17, 15) is 19.2 Å². The van der Waals surface area contributed by atoms with Crippen molar-refractivity contribution in [2.75, 3.05) is 24.3 Å². The Bertz CT molecular complexity index is 1690. The van der Waals surface area contributed by atoms with E-state index < -0.39 is 18.2 Å². The molecule has 49 heavy (non-hydrogen) atoms. The normalized spacial score (nSPS) is 18.3. The standard InChI is InChI=1S/C40H48N4O5/c1-25(2)36(43-39(48)49-6)38(47)44-23-7-8-34(44)37(46)42-31-19-13-27(14-20-31)33-22-21-32(26-11-17-30(18-12-26)41-24-45)35(33)28-9-15-29(16-10-28)40(3,4)5/h9-20,24-25,33-34,36H,7-8,21-23H2,1-6H3,(H,41,45)(H,42,46)(H,43,48)/t33?,34-,36-/m0/s1. The van der Waals surface area contributed by atoms with Crippen LogP contribution in [0.15, 0.2) is 72.8 Å². The van der Waals surface area contributed by atoms with Gasteiger partial charge in [-0.25, -0.2) is 4.79 Å². The number of methoxy groups -OCH3 is 1. The number of alkyl carbamates (subject to hydrolysis) is 1. The summed E-state index contributed by atoms with van der Waals surface area (Å²) in [6.45, 7) is 10.8. The molecule has 3 atom stereocenters. The van der Waals surface area contributed by atoms with Crippen LogP contribution < -0.4 is 16.0 Å². The highest BCUT2D eigenvalue weighted by Gasteiger charge is 2.39. The first-order chi connectivity index (χ1) is 23.4. The molecule has 9 heteroatoms. The molecule has 0 aromatic heterocycles. The largest absolute Gasteiger partial charge is 0.453 e. The van der Waals surface area contributed by atoms with Gasteiger partial charge in [-0.3, -0.25) is 14.4 Å². The average Bonchev–Trinajstić information content (AvgIpc) is 3.76. The number of benzene rings is 3.